The first kappa shape index (κ1) is 22.3. The average Bonchev–Trinajstić information content (AvgIpc) is 2.61. The molecule has 0 saturated carbocycles. The van der Waals surface area contributed by atoms with E-state index < -0.39 is 29.8 Å². The number of carbonyl (C=O) groups is 3. The fraction of sp³-hybridized carbons (Fsp3) is 0.526. The molecule has 2 amide bonds. The molecule has 1 unspecified atom stereocenters. The summed E-state index contributed by atoms with van der Waals surface area (Å²) in [5, 5.41) is 2.55. The first-order valence-corrected chi connectivity index (χ1v) is 8.62. The molecule has 1 N–H and O–H groups in total. The summed E-state index contributed by atoms with van der Waals surface area (Å²) in [5.41, 5.74) is 0.213. The number of amides is 2. The first-order valence-electron chi connectivity index (χ1n) is 8.62. The number of methoxy groups -OCH3 is 1. The Morgan fingerprint density at radius 3 is 2.33 bits per heavy atom. The molecule has 150 valence electrons. The number of carbonyl (C=O) groups excluding carboxylic acids is 3. The van der Waals surface area contributed by atoms with Crippen LogP contribution < -0.4 is 5.32 Å². The van der Waals surface area contributed by atoms with Gasteiger partial charge in [-0.25, -0.2) is 14.4 Å². The van der Waals surface area contributed by atoms with Gasteiger partial charge in [0.25, 0.3) is 0 Å². The Hall–Kier alpha value is -2.77. The van der Waals surface area contributed by atoms with E-state index >= 15 is 0 Å². The van der Waals surface area contributed by atoms with Gasteiger partial charge in [-0.05, 0) is 32.8 Å². The minimum Gasteiger partial charge on any atom is -0.467 e. The van der Waals surface area contributed by atoms with Gasteiger partial charge in [0, 0.05) is 13.6 Å². The number of ether oxygens (including phenoxy) is 3. The third-order valence-corrected chi connectivity index (χ3v) is 3.52. The fourth-order valence-corrected chi connectivity index (χ4v) is 2.18. The van der Waals surface area contributed by atoms with Crippen LogP contribution in [0.15, 0.2) is 30.3 Å². The number of esters is 1. The van der Waals surface area contributed by atoms with Gasteiger partial charge in [0.05, 0.1) is 7.11 Å². The van der Waals surface area contributed by atoms with Crippen molar-refractivity contribution in [3.05, 3.63) is 35.9 Å². The number of rotatable bonds is 7. The van der Waals surface area contributed by atoms with Crippen molar-refractivity contribution in [2.75, 3.05) is 20.7 Å². The van der Waals surface area contributed by atoms with Gasteiger partial charge in [0.2, 0.25) is 0 Å². The van der Waals surface area contributed by atoms with Crippen molar-refractivity contribution in [1.82, 2.24) is 10.2 Å². The second kappa shape index (κ2) is 10.4. The largest absolute Gasteiger partial charge is 0.467 e. The van der Waals surface area contributed by atoms with Crippen molar-refractivity contribution < 1.29 is 28.6 Å². The molecular weight excluding hydrogens is 352 g/mol. The highest BCUT2D eigenvalue weighted by Gasteiger charge is 2.29. The molecule has 8 nitrogen and oxygen atoms in total. The molecule has 1 aromatic rings. The highest BCUT2D eigenvalue weighted by Crippen LogP contribution is 2.10. The van der Waals surface area contributed by atoms with Crippen molar-refractivity contribution in [2.45, 2.75) is 45.4 Å². The zero-order valence-corrected chi connectivity index (χ0v) is 16.5. The van der Waals surface area contributed by atoms with Crippen molar-refractivity contribution in [2.24, 2.45) is 0 Å². The van der Waals surface area contributed by atoms with E-state index in [1.165, 1.54) is 14.2 Å². The molecule has 1 rings (SSSR count). The third kappa shape index (κ3) is 8.44. The van der Waals surface area contributed by atoms with E-state index in [1.54, 1.807) is 20.8 Å². The Kier molecular flexibility index (Phi) is 8.58. The van der Waals surface area contributed by atoms with Crippen LogP contribution in [-0.4, -0.2) is 55.4 Å². The summed E-state index contributed by atoms with van der Waals surface area (Å²) in [7, 11) is 2.68. The van der Waals surface area contributed by atoms with E-state index in [9.17, 15) is 14.4 Å². The average molecular weight is 380 g/mol. The van der Waals surface area contributed by atoms with E-state index in [1.807, 2.05) is 30.3 Å². The fourth-order valence-electron chi connectivity index (χ4n) is 2.18. The van der Waals surface area contributed by atoms with Crippen LogP contribution in [0, 0.1) is 0 Å². The lowest BCUT2D eigenvalue weighted by Gasteiger charge is -2.26. The van der Waals surface area contributed by atoms with Crippen molar-refractivity contribution in [1.29, 1.82) is 0 Å². The van der Waals surface area contributed by atoms with Crippen LogP contribution >= 0.6 is 0 Å². The molecule has 27 heavy (non-hydrogen) atoms. The van der Waals surface area contributed by atoms with E-state index in [2.05, 4.69) is 5.32 Å². The Labute approximate surface area is 159 Å². The number of hydrogen-bond donors (Lipinski definition) is 1. The van der Waals surface area contributed by atoms with Gasteiger partial charge in [0.1, 0.15) is 18.2 Å². The minimum absolute atomic E-state index is 0.0913. The maximum Gasteiger partial charge on any atom is 0.410 e. The molecule has 8 heteroatoms. The zero-order chi connectivity index (χ0) is 20.4. The van der Waals surface area contributed by atoms with Gasteiger partial charge < -0.3 is 19.5 Å². The van der Waals surface area contributed by atoms with Crippen LogP contribution in [0.25, 0.3) is 0 Å². The normalized spacial score (nSPS) is 11.9. The van der Waals surface area contributed by atoms with E-state index in [-0.39, 0.29) is 19.6 Å². The van der Waals surface area contributed by atoms with Crippen LogP contribution in [0.4, 0.5) is 9.59 Å². The summed E-state index contributed by atoms with van der Waals surface area (Å²) in [6.07, 6.45) is -1.10. The standard InChI is InChI=1S/C19H28N2O6/c1-19(2,3)27-17(23)20-12-11-15(16(22)25-5)21(4)18(24)26-13-14-9-7-6-8-10-14/h6-10,15H,11-13H2,1-5H3,(H,20,23). The van der Waals surface area contributed by atoms with Gasteiger partial charge in [-0.15, -0.1) is 0 Å². The molecular formula is C19H28N2O6. The van der Waals surface area contributed by atoms with Crippen LogP contribution in [0.5, 0.6) is 0 Å². The van der Waals surface area contributed by atoms with Crippen LogP contribution in [0.3, 0.4) is 0 Å². The minimum atomic E-state index is -0.895. The summed E-state index contributed by atoms with van der Waals surface area (Å²) in [5.74, 6) is -0.597. The third-order valence-electron chi connectivity index (χ3n) is 3.52. The molecule has 0 radical (unpaired) electrons. The maximum absolute atomic E-state index is 12.2. The lowest BCUT2D eigenvalue weighted by molar-refractivity contribution is -0.146. The Morgan fingerprint density at radius 1 is 1.15 bits per heavy atom. The molecule has 1 atom stereocenters. The number of alkyl carbamates (subject to hydrolysis) is 1. The zero-order valence-electron chi connectivity index (χ0n) is 16.5. The molecule has 0 aliphatic carbocycles. The van der Waals surface area contributed by atoms with Crippen LogP contribution in [0.1, 0.15) is 32.8 Å². The summed E-state index contributed by atoms with van der Waals surface area (Å²) in [4.78, 5) is 37.1. The first-order chi connectivity index (χ1) is 12.6. The van der Waals surface area contributed by atoms with E-state index in [0.717, 1.165) is 10.5 Å². The molecule has 1 aromatic carbocycles. The van der Waals surface area contributed by atoms with Crippen molar-refractivity contribution >= 4 is 18.2 Å². The van der Waals surface area contributed by atoms with Gasteiger partial charge in [-0.2, -0.15) is 0 Å². The lowest BCUT2D eigenvalue weighted by atomic mass is 10.2. The van der Waals surface area contributed by atoms with Gasteiger partial charge in [0.15, 0.2) is 0 Å². The predicted octanol–water partition coefficient (Wildman–Crippen LogP) is 2.71. The van der Waals surface area contributed by atoms with Crippen molar-refractivity contribution in [3.8, 4) is 0 Å². The number of nitrogens with one attached hydrogen (secondary N) is 1. The number of benzene rings is 1. The molecule has 0 saturated heterocycles. The second-order valence-corrected chi connectivity index (χ2v) is 6.91. The topological polar surface area (TPSA) is 94.2 Å². The van der Waals surface area contributed by atoms with Crippen LogP contribution in [0.2, 0.25) is 0 Å². The molecule has 0 spiro atoms. The quantitative estimate of drug-likeness (QED) is 0.577. The van der Waals surface area contributed by atoms with Gasteiger partial charge in [-0.3, -0.25) is 4.90 Å². The predicted molar refractivity (Wildman–Crippen MR) is 99.0 cm³/mol. The van der Waals surface area contributed by atoms with E-state index in [0.29, 0.717) is 0 Å². The number of nitrogens with zero attached hydrogens (tertiary/aromatic N) is 1. The molecule has 0 aliphatic rings. The highest BCUT2D eigenvalue weighted by molar-refractivity contribution is 5.81. The second-order valence-electron chi connectivity index (χ2n) is 6.91. The van der Waals surface area contributed by atoms with Gasteiger partial charge >= 0.3 is 18.2 Å². The number of likely N-dealkylation sites (N-methyl/N-ethyl adjacent to an activating group) is 1. The van der Waals surface area contributed by atoms with Gasteiger partial charge in [-0.1, -0.05) is 30.3 Å². The van der Waals surface area contributed by atoms with Crippen LogP contribution in [-0.2, 0) is 25.6 Å². The van der Waals surface area contributed by atoms with Crippen molar-refractivity contribution in [3.63, 3.8) is 0 Å². The molecule has 0 fully saturated rings. The smallest absolute Gasteiger partial charge is 0.410 e. The van der Waals surface area contributed by atoms with E-state index in [4.69, 9.17) is 14.2 Å². The lowest BCUT2D eigenvalue weighted by Crippen LogP contribution is -2.45. The SMILES string of the molecule is COC(=O)C(CCNC(=O)OC(C)(C)C)N(C)C(=O)OCc1ccccc1. The summed E-state index contributed by atoms with van der Waals surface area (Å²) in [6, 6.07) is 8.31. The summed E-state index contributed by atoms with van der Waals surface area (Å²) >= 11 is 0. The maximum atomic E-state index is 12.2. The molecule has 0 aromatic heterocycles. The summed E-state index contributed by atoms with van der Waals surface area (Å²) < 4.78 is 15.1. The monoisotopic (exact) mass is 380 g/mol. The summed E-state index contributed by atoms with van der Waals surface area (Å²) in [6.45, 7) is 5.47. The molecule has 0 aliphatic heterocycles. The number of hydrogen-bond acceptors (Lipinski definition) is 6. The molecule has 0 bridgehead atoms. The highest BCUT2D eigenvalue weighted by atomic mass is 16.6. The molecule has 0 heterocycles. The Bertz CT molecular complexity index is 627. The Morgan fingerprint density at radius 2 is 1.78 bits per heavy atom. The Balaban J connectivity index is 2.57.